The zero-order valence-electron chi connectivity index (χ0n) is 9.25. The van der Waals surface area contributed by atoms with Crippen molar-refractivity contribution in [2.24, 2.45) is 5.73 Å². The molecule has 1 amide bonds. The van der Waals surface area contributed by atoms with Gasteiger partial charge in [0.05, 0.1) is 0 Å². The van der Waals surface area contributed by atoms with Crippen molar-refractivity contribution in [2.75, 3.05) is 6.61 Å². The number of hydrogen-bond donors (Lipinski definition) is 1. The fourth-order valence-electron chi connectivity index (χ4n) is 1.10. The summed E-state index contributed by atoms with van der Waals surface area (Å²) in [4.78, 5) is 21.4. The van der Waals surface area contributed by atoms with Crippen LogP contribution in [0.3, 0.4) is 0 Å². The third-order valence-electron chi connectivity index (χ3n) is 1.82. The van der Waals surface area contributed by atoms with E-state index in [2.05, 4.69) is 0 Å². The minimum absolute atomic E-state index is 0.0111. The van der Waals surface area contributed by atoms with Gasteiger partial charge >= 0.3 is 97.3 Å². The Balaban J connectivity index is 3.11. The molecule has 0 aromatic carbocycles. The maximum atomic E-state index is 11.0. The van der Waals surface area contributed by atoms with Crippen molar-refractivity contribution in [3.63, 3.8) is 0 Å². The fraction of sp³-hybridized carbons (Fsp3) is 0.800. The van der Waals surface area contributed by atoms with Gasteiger partial charge in [-0.05, 0) is 0 Å². The van der Waals surface area contributed by atoms with E-state index < -0.39 is 0 Å². The third-order valence-corrected chi connectivity index (χ3v) is 4.78. The predicted octanol–water partition coefficient (Wildman–Crippen LogP) is 0.868. The van der Waals surface area contributed by atoms with Crippen LogP contribution in [0.5, 0.6) is 0 Å². The van der Waals surface area contributed by atoms with Gasteiger partial charge in [-0.15, -0.1) is 0 Å². The number of rotatable bonds is 9. The summed E-state index contributed by atoms with van der Waals surface area (Å²) in [7, 11) is 0. The van der Waals surface area contributed by atoms with Crippen molar-refractivity contribution in [3.8, 4) is 0 Å². The molecule has 5 heteroatoms. The predicted molar refractivity (Wildman–Crippen MR) is 61.1 cm³/mol. The molecule has 0 saturated heterocycles. The molecule has 0 aromatic rings. The summed E-state index contributed by atoms with van der Waals surface area (Å²) in [5.41, 5.74) is 5.02. The van der Waals surface area contributed by atoms with Crippen molar-refractivity contribution < 1.29 is 14.3 Å². The molecule has 4 nitrogen and oxygen atoms in total. The van der Waals surface area contributed by atoms with Crippen LogP contribution >= 0.6 is 0 Å². The van der Waals surface area contributed by atoms with Gasteiger partial charge in [0, 0.05) is 0 Å². The van der Waals surface area contributed by atoms with Crippen LogP contribution in [0.2, 0.25) is 10.4 Å². The first-order valence-corrected chi connectivity index (χ1v) is 8.28. The number of amides is 1. The van der Waals surface area contributed by atoms with E-state index >= 15 is 0 Å². The van der Waals surface area contributed by atoms with Crippen molar-refractivity contribution in [3.05, 3.63) is 0 Å². The van der Waals surface area contributed by atoms with E-state index in [-0.39, 0.29) is 27.6 Å². The van der Waals surface area contributed by atoms with Crippen LogP contribution < -0.4 is 5.73 Å². The van der Waals surface area contributed by atoms with Crippen molar-refractivity contribution in [2.45, 2.75) is 43.0 Å². The Morgan fingerprint density at radius 2 is 1.80 bits per heavy atom. The SMILES string of the molecule is CCOC(=O)CCC[AsH]CCCC(N)=O. The third kappa shape index (κ3) is 11.4. The molecule has 0 spiro atoms. The molecule has 0 rings (SSSR count). The number of carbonyl (C=O) groups is 2. The van der Waals surface area contributed by atoms with Gasteiger partial charge in [0.25, 0.3) is 0 Å². The first kappa shape index (κ1) is 14.5. The Morgan fingerprint density at radius 3 is 2.33 bits per heavy atom. The van der Waals surface area contributed by atoms with Gasteiger partial charge in [-0.2, -0.15) is 0 Å². The summed E-state index contributed by atoms with van der Waals surface area (Å²) in [5, 5.41) is 2.27. The van der Waals surface area contributed by atoms with Crippen LogP contribution in [0, 0.1) is 0 Å². The van der Waals surface area contributed by atoms with E-state index in [1.807, 2.05) is 6.92 Å². The molecule has 0 aliphatic heterocycles. The number of nitrogens with two attached hydrogens (primary N) is 1. The molecule has 0 aliphatic rings. The topological polar surface area (TPSA) is 69.4 Å². The Labute approximate surface area is 97.6 Å². The molecule has 15 heavy (non-hydrogen) atoms. The molecule has 1 unspecified atom stereocenters. The Morgan fingerprint density at radius 1 is 1.20 bits per heavy atom. The first-order chi connectivity index (χ1) is 7.16. The summed E-state index contributed by atoms with van der Waals surface area (Å²) in [6.45, 7) is 2.28. The second-order valence-electron chi connectivity index (χ2n) is 3.23. The molecule has 2 N–H and O–H groups in total. The van der Waals surface area contributed by atoms with Gasteiger partial charge in [-0.3, -0.25) is 0 Å². The molecule has 0 bridgehead atoms. The Bertz CT molecular complexity index is 197. The van der Waals surface area contributed by atoms with Crippen molar-refractivity contribution >= 4 is 27.6 Å². The molecule has 1 atom stereocenters. The molecule has 0 fully saturated rings. The van der Waals surface area contributed by atoms with Crippen LogP contribution in [0.25, 0.3) is 0 Å². The van der Waals surface area contributed by atoms with Crippen LogP contribution in [-0.4, -0.2) is 34.2 Å². The van der Waals surface area contributed by atoms with E-state index in [9.17, 15) is 9.59 Å². The van der Waals surface area contributed by atoms with Crippen molar-refractivity contribution in [1.29, 1.82) is 0 Å². The zero-order valence-corrected chi connectivity index (χ0v) is 11.3. The number of primary amides is 1. The quantitative estimate of drug-likeness (QED) is 0.386. The van der Waals surface area contributed by atoms with E-state index in [1.54, 1.807) is 0 Å². The van der Waals surface area contributed by atoms with Gasteiger partial charge in [0.15, 0.2) is 0 Å². The van der Waals surface area contributed by atoms with Crippen LogP contribution in [0.4, 0.5) is 0 Å². The molecule has 0 radical (unpaired) electrons. The van der Waals surface area contributed by atoms with Crippen LogP contribution in [0.15, 0.2) is 0 Å². The monoisotopic (exact) mass is 277 g/mol. The standard InChI is InChI=1S/C10H20AsNO3/c1-2-15-10(14)6-4-8-11-7-3-5-9(12)13/h11H,2-8H2,1H3,(H2,12,13). The summed E-state index contributed by atoms with van der Waals surface area (Å²) < 4.78 is 4.81. The van der Waals surface area contributed by atoms with Crippen LogP contribution in [0.1, 0.15) is 32.6 Å². The van der Waals surface area contributed by atoms with E-state index in [1.165, 1.54) is 0 Å². The molecule has 0 saturated carbocycles. The first-order valence-electron chi connectivity index (χ1n) is 5.31. The second kappa shape index (κ2) is 10.0. The Hall–Kier alpha value is -0.502. The van der Waals surface area contributed by atoms with Gasteiger partial charge in [-0.1, -0.05) is 0 Å². The summed E-state index contributed by atoms with van der Waals surface area (Å²) in [6.07, 6.45) is 2.87. The molecule has 0 aliphatic carbocycles. The normalized spacial score (nSPS) is 10.7. The molecular formula is C10H20AsNO3. The molecule has 0 aromatic heterocycles. The van der Waals surface area contributed by atoms with E-state index in [0.717, 1.165) is 23.3 Å². The molecular weight excluding hydrogens is 257 g/mol. The van der Waals surface area contributed by atoms with E-state index in [0.29, 0.717) is 19.4 Å². The average Bonchev–Trinajstić information content (AvgIpc) is 2.16. The van der Waals surface area contributed by atoms with Crippen molar-refractivity contribution in [1.82, 2.24) is 0 Å². The average molecular weight is 277 g/mol. The fourth-order valence-corrected chi connectivity index (χ4v) is 3.42. The zero-order chi connectivity index (χ0) is 11.5. The number of esters is 1. The second-order valence-corrected chi connectivity index (χ2v) is 6.38. The van der Waals surface area contributed by atoms with Crippen LogP contribution in [-0.2, 0) is 14.3 Å². The summed E-state index contributed by atoms with van der Waals surface area (Å²) in [5.74, 6) is -0.311. The number of ether oxygens (including phenoxy) is 1. The molecule has 88 valence electrons. The summed E-state index contributed by atoms with van der Waals surface area (Å²) >= 11 is 0.0111. The van der Waals surface area contributed by atoms with Gasteiger partial charge in [0.2, 0.25) is 0 Å². The van der Waals surface area contributed by atoms with Gasteiger partial charge in [0.1, 0.15) is 0 Å². The summed E-state index contributed by atoms with van der Waals surface area (Å²) in [6, 6.07) is 0. The Kier molecular flexibility index (Phi) is 9.70. The number of hydrogen-bond acceptors (Lipinski definition) is 3. The maximum absolute atomic E-state index is 11.0. The minimum atomic E-state index is -0.215. The molecule has 0 heterocycles. The van der Waals surface area contributed by atoms with Gasteiger partial charge < -0.3 is 0 Å². The van der Waals surface area contributed by atoms with Gasteiger partial charge in [-0.25, -0.2) is 0 Å². The van der Waals surface area contributed by atoms with E-state index in [4.69, 9.17) is 10.5 Å². The number of carbonyl (C=O) groups excluding carboxylic acids is 2.